The number of hydrogen-bond donors (Lipinski definition) is 0. The van der Waals surface area contributed by atoms with Crippen molar-refractivity contribution in [2.24, 2.45) is 0 Å². The summed E-state index contributed by atoms with van der Waals surface area (Å²) in [5, 5.41) is 2.06. The molecule has 1 aromatic heterocycles. The quantitative estimate of drug-likeness (QED) is 0.760. The van der Waals surface area contributed by atoms with Gasteiger partial charge in [-0.3, -0.25) is 4.79 Å². The second-order valence-electron chi connectivity index (χ2n) is 5.83. The normalized spacial score (nSPS) is 18.0. The summed E-state index contributed by atoms with van der Waals surface area (Å²) in [6.45, 7) is 5.71. The zero-order valence-electron chi connectivity index (χ0n) is 12.1. The van der Waals surface area contributed by atoms with Gasteiger partial charge in [-0.05, 0) is 19.2 Å². The average Bonchev–Trinajstić information content (AvgIpc) is 2.47. The van der Waals surface area contributed by atoms with Gasteiger partial charge in [-0.15, -0.1) is 0 Å². The molecule has 0 unspecified atom stereocenters. The lowest BCUT2D eigenvalue weighted by Crippen LogP contribution is -2.55. The first-order valence-corrected chi connectivity index (χ1v) is 7.31. The highest BCUT2D eigenvalue weighted by atomic mass is 35.5. The molecule has 110 valence electrons. The minimum absolute atomic E-state index is 0.0244. The van der Waals surface area contributed by atoms with Crippen molar-refractivity contribution >= 4 is 28.3 Å². The molecule has 1 fully saturated rings. The average molecular weight is 305 g/mol. The van der Waals surface area contributed by atoms with Crippen LogP contribution in [-0.2, 0) is 4.74 Å². The third-order valence-corrected chi connectivity index (χ3v) is 4.17. The number of benzene rings is 1. The number of aromatic nitrogens is 1. The van der Waals surface area contributed by atoms with E-state index in [1.165, 1.54) is 0 Å². The second-order valence-corrected chi connectivity index (χ2v) is 6.19. The van der Waals surface area contributed by atoms with Gasteiger partial charge in [0.1, 0.15) is 5.15 Å². The molecule has 0 N–H and O–H groups in total. The number of fused-ring (bicyclic) bond motifs is 1. The third-order valence-electron chi connectivity index (χ3n) is 3.87. The highest BCUT2D eigenvalue weighted by molar-refractivity contribution is 6.34. The number of rotatable bonds is 1. The Bertz CT molecular complexity index is 700. The number of halogens is 1. The molecule has 1 aliphatic heterocycles. The Hall–Kier alpha value is -1.65. The summed E-state index contributed by atoms with van der Waals surface area (Å²) in [6, 6.07) is 7.58. The van der Waals surface area contributed by atoms with Gasteiger partial charge in [-0.25, -0.2) is 4.98 Å². The standard InChI is InChI=1S/C16H17ClN2O2/c1-16(2)10-21-8-7-19(16)15(20)13-9-18-14(17)12-6-4-3-5-11(12)13/h3-6,9H,7-8,10H2,1-2H3. The van der Waals surface area contributed by atoms with Crippen molar-refractivity contribution in [1.29, 1.82) is 0 Å². The van der Waals surface area contributed by atoms with Crippen molar-refractivity contribution in [3.8, 4) is 0 Å². The van der Waals surface area contributed by atoms with Crippen molar-refractivity contribution in [2.75, 3.05) is 19.8 Å². The number of morpholine rings is 1. The third kappa shape index (κ3) is 2.49. The maximum atomic E-state index is 12.9. The van der Waals surface area contributed by atoms with E-state index in [0.717, 1.165) is 10.8 Å². The van der Waals surface area contributed by atoms with E-state index in [0.29, 0.717) is 30.5 Å². The highest BCUT2D eigenvalue weighted by Crippen LogP contribution is 2.28. The van der Waals surface area contributed by atoms with Crippen LogP contribution in [-0.4, -0.2) is 41.1 Å². The lowest BCUT2D eigenvalue weighted by Gasteiger charge is -2.42. The molecular formula is C16H17ClN2O2. The van der Waals surface area contributed by atoms with Gasteiger partial charge in [-0.1, -0.05) is 35.9 Å². The Morgan fingerprint density at radius 3 is 2.76 bits per heavy atom. The molecule has 2 heterocycles. The highest BCUT2D eigenvalue weighted by Gasteiger charge is 2.35. The van der Waals surface area contributed by atoms with E-state index in [1.807, 2.05) is 43.0 Å². The van der Waals surface area contributed by atoms with Crippen LogP contribution in [0.1, 0.15) is 24.2 Å². The van der Waals surface area contributed by atoms with E-state index < -0.39 is 0 Å². The topological polar surface area (TPSA) is 42.4 Å². The molecule has 1 saturated heterocycles. The number of carbonyl (C=O) groups excluding carboxylic acids is 1. The molecule has 3 rings (SSSR count). The monoisotopic (exact) mass is 304 g/mol. The smallest absolute Gasteiger partial charge is 0.256 e. The van der Waals surface area contributed by atoms with Crippen molar-refractivity contribution in [2.45, 2.75) is 19.4 Å². The summed E-state index contributed by atoms with van der Waals surface area (Å²) in [6.07, 6.45) is 1.57. The molecule has 0 spiro atoms. The Labute approximate surface area is 128 Å². The van der Waals surface area contributed by atoms with Gasteiger partial charge in [0.2, 0.25) is 0 Å². The van der Waals surface area contributed by atoms with Crippen LogP contribution in [0.5, 0.6) is 0 Å². The molecule has 21 heavy (non-hydrogen) atoms. The van der Waals surface area contributed by atoms with E-state index in [4.69, 9.17) is 16.3 Å². The minimum Gasteiger partial charge on any atom is -0.377 e. The van der Waals surface area contributed by atoms with Gasteiger partial charge < -0.3 is 9.64 Å². The molecule has 2 aromatic rings. The first-order valence-electron chi connectivity index (χ1n) is 6.94. The SMILES string of the molecule is CC1(C)COCCN1C(=O)c1cnc(Cl)c2ccccc12. The van der Waals surface area contributed by atoms with Crippen LogP contribution >= 0.6 is 11.6 Å². The first-order chi connectivity index (χ1) is 10.0. The number of carbonyl (C=O) groups is 1. The Morgan fingerprint density at radius 2 is 2.05 bits per heavy atom. The molecule has 1 aromatic carbocycles. The lowest BCUT2D eigenvalue weighted by molar-refractivity contribution is -0.0369. The summed E-state index contributed by atoms with van der Waals surface area (Å²) < 4.78 is 5.48. The summed E-state index contributed by atoms with van der Waals surface area (Å²) in [5.41, 5.74) is 0.265. The van der Waals surface area contributed by atoms with E-state index >= 15 is 0 Å². The molecule has 4 nitrogen and oxygen atoms in total. The minimum atomic E-state index is -0.323. The Morgan fingerprint density at radius 1 is 1.33 bits per heavy atom. The van der Waals surface area contributed by atoms with Crippen LogP contribution in [0.3, 0.4) is 0 Å². The fourth-order valence-corrected chi connectivity index (χ4v) is 2.92. The van der Waals surface area contributed by atoms with Gasteiger partial charge in [-0.2, -0.15) is 0 Å². The van der Waals surface area contributed by atoms with Gasteiger partial charge in [0, 0.05) is 18.1 Å². The molecular weight excluding hydrogens is 288 g/mol. The Kier molecular flexibility index (Phi) is 3.59. The van der Waals surface area contributed by atoms with Crippen LogP contribution in [0.2, 0.25) is 5.15 Å². The zero-order valence-corrected chi connectivity index (χ0v) is 12.9. The van der Waals surface area contributed by atoms with E-state index in [-0.39, 0.29) is 11.4 Å². The molecule has 5 heteroatoms. The first kappa shape index (κ1) is 14.3. The van der Waals surface area contributed by atoms with E-state index in [2.05, 4.69) is 4.98 Å². The molecule has 0 radical (unpaired) electrons. The Balaban J connectivity index is 2.08. The molecule has 1 amide bonds. The molecule has 0 saturated carbocycles. The van der Waals surface area contributed by atoms with Gasteiger partial charge >= 0.3 is 0 Å². The molecule has 0 atom stereocenters. The number of ether oxygens (including phenoxy) is 1. The van der Waals surface area contributed by atoms with Crippen molar-refractivity contribution in [3.05, 3.63) is 41.2 Å². The summed E-state index contributed by atoms with van der Waals surface area (Å²) in [4.78, 5) is 18.9. The number of amides is 1. The lowest BCUT2D eigenvalue weighted by atomic mass is 9.99. The maximum Gasteiger partial charge on any atom is 0.256 e. The zero-order chi connectivity index (χ0) is 15.0. The van der Waals surface area contributed by atoms with Gasteiger partial charge in [0.25, 0.3) is 5.91 Å². The molecule has 0 aliphatic carbocycles. The van der Waals surface area contributed by atoms with Crippen molar-refractivity contribution < 1.29 is 9.53 Å². The van der Waals surface area contributed by atoms with Crippen LogP contribution in [0.15, 0.2) is 30.5 Å². The van der Waals surface area contributed by atoms with Crippen LogP contribution in [0.4, 0.5) is 0 Å². The largest absolute Gasteiger partial charge is 0.377 e. The molecule has 0 bridgehead atoms. The number of hydrogen-bond acceptors (Lipinski definition) is 3. The number of pyridine rings is 1. The fraction of sp³-hybridized carbons (Fsp3) is 0.375. The van der Waals surface area contributed by atoms with Crippen molar-refractivity contribution in [1.82, 2.24) is 9.88 Å². The van der Waals surface area contributed by atoms with Crippen LogP contribution in [0.25, 0.3) is 10.8 Å². The maximum absolute atomic E-state index is 12.9. The van der Waals surface area contributed by atoms with Crippen molar-refractivity contribution in [3.63, 3.8) is 0 Å². The predicted molar refractivity (Wildman–Crippen MR) is 82.7 cm³/mol. The fourth-order valence-electron chi connectivity index (χ4n) is 2.71. The van der Waals surface area contributed by atoms with Gasteiger partial charge in [0.05, 0.1) is 24.3 Å². The van der Waals surface area contributed by atoms with E-state index in [9.17, 15) is 4.79 Å². The van der Waals surface area contributed by atoms with E-state index in [1.54, 1.807) is 6.20 Å². The van der Waals surface area contributed by atoms with Gasteiger partial charge in [0.15, 0.2) is 0 Å². The van der Waals surface area contributed by atoms with Crippen LogP contribution < -0.4 is 0 Å². The summed E-state index contributed by atoms with van der Waals surface area (Å²) in [5.74, 6) is -0.0244. The summed E-state index contributed by atoms with van der Waals surface area (Å²) in [7, 11) is 0. The second kappa shape index (κ2) is 5.28. The summed E-state index contributed by atoms with van der Waals surface area (Å²) >= 11 is 6.12. The molecule has 1 aliphatic rings. The predicted octanol–water partition coefficient (Wildman–Crippen LogP) is 3.14. The van der Waals surface area contributed by atoms with Crippen LogP contribution in [0, 0.1) is 0 Å². The number of nitrogens with zero attached hydrogens (tertiary/aromatic N) is 2.